The SMILES string of the molecule is O=C(Nc1nc2ccc(N3CCOCC3)cc2s1)c1ccc(-c2cccc([N+](=O)[O-])c2)o1. The van der Waals surface area contributed by atoms with E-state index in [1.165, 1.54) is 29.5 Å². The zero-order valence-corrected chi connectivity index (χ0v) is 17.6. The van der Waals surface area contributed by atoms with Crippen molar-refractivity contribution in [3.8, 4) is 11.3 Å². The molecule has 0 atom stereocenters. The molecule has 1 fully saturated rings. The summed E-state index contributed by atoms with van der Waals surface area (Å²) in [5, 5.41) is 14.2. The number of anilines is 2. The van der Waals surface area contributed by atoms with Gasteiger partial charge in [-0.2, -0.15) is 0 Å². The summed E-state index contributed by atoms with van der Waals surface area (Å²) in [6.45, 7) is 3.12. The Morgan fingerprint density at radius 1 is 1.12 bits per heavy atom. The van der Waals surface area contributed by atoms with Crippen LogP contribution in [0.2, 0.25) is 0 Å². The number of thiazole rings is 1. The number of ether oxygens (including phenoxy) is 1. The third-order valence-corrected chi connectivity index (χ3v) is 6.07. The number of morpholine rings is 1. The van der Waals surface area contributed by atoms with Gasteiger partial charge in [-0.25, -0.2) is 4.98 Å². The van der Waals surface area contributed by atoms with Gasteiger partial charge < -0.3 is 14.1 Å². The van der Waals surface area contributed by atoms with Crippen molar-refractivity contribution in [2.24, 2.45) is 0 Å². The predicted molar refractivity (Wildman–Crippen MR) is 121 cm³/mol. The Hall–Kier alpha value is -3.76. The van der Waals surface area contributed by atoms with Gasteiger partial charge in [0.25, 0.3) is 11.6 Å². The van der Waals surface area contributed by atoms with E-state index in [-0.39, 0.29) is 11.4 Å². The third kappa shape index (κ3) is 4.05. The Labute approximate surface area is 186 Å². The maximum absolute atomic E-state index is 12.7. The van der Waals surface area contributed by atoms with Gasteiger partial charge in [0.2, 0.25) is 0 Å². The summed E-state index contributed by atoms with van der Waals surface area (Å²) in [5.74, 6) is 0.0345. The third-order valence-electron chi connectivity index (χ3n) is 5.14. The number of carbonyl (C=O) groups excluding carboxylic acids is 1. The van der Waals surface area contributed by atoms with E-state index in [0.717, 1.165) is 29.0 Å². The van der Waals surface area contributed by atoms with E-state index in [0.29, 0.717) is 29.7 Å². The second-order valence-corrected chi connectivity index (χ2v) is 8.23. The van der Waals surface area contributed by atoms with Crippen LogP contribution in [0.15, 0.2) is 59.0 Å². The molecule has 0 radical (unpaired) electrons. The highest BCUT2D eigenvalue weighted by Gasteiger charge is 2.17. The fourth-order valence-corrected chi connectivity index (χ4v) is 4.43. The second-order valence-electron chi connectivity index (χ2n) is 7.20. The molecule has 0 unspecified atom stereocenters. The van der Waals surface area contributed by atoms with Gasteiger partial charge in [0.1, 0.15) is 5.76 Å². The number of rotatable bonds is 5. The quantitative estimate of drug-likeness (QED) is 0.351. The molecule has 3 heterocycles. The standard InChI is InChI=1S/C22H18N4O5S/c27-21(19-7-6-18(31-19)14-2-1-3-16(12-14)26(28)29)24-22-23-17-5-4-15(13-20(17)32-22)25-8-10-30-11-9-25/h1-7,12-13H,8-11H2,(H,23,24,27). The molecule has 10 heteroatoms. The average Bonchev–Trinajstić information content (AvgIpc) is 3.46. The Kier molecular flexibility index (Phi) is 5.29. The molecular weight excluding hydrogens is 432 g/mol. The number of carbonyl (C=O) groups is 1. The Morgan fingerprint density at radius 3 is 2.78 bits per heavy atom. The number of non-ortho nitro benzene ring substituents is 1. The number of benzene rings is 2. The lowest BCUT2D eigenvalue weighted by atomic mass is 10.1. The number of nitro groups is 1. The van der Waals surface area contributed by atoms with E-state index in [9.17, 15) is 14.9 Å². The van der Waals surface area contributed by atoms with Gasteiger partial charge in [-0.3, -0.25) is 20.2 Å². The van der Waals surface area contributed by atoms with Crippen LogP contribution in [0.4, 0.5) is 16.5 Å². The molecule has 0 aliphatic carbocycles. The normalized spacial score (nSPS) is 13.9. The highest BCUT2D eigenvalue weighted by atomic mass is 32.1. The summed E-state index contributed by atoms with van der Waals surface area (Å²) in [6, 6.07) is 15.2. The van der Waals surface area contributed by atoms with Crippen LogP contribution >= 0.6 is 11.3 Å². The molecule has 32 heavy (non-hydrogen) atoms. The molecule has 1 saturated heterocycles. The van der Waals surface area contributed by atoms with E-state index in [4.69, 9.17) is 9.15 Å². The molecule has 1 aliphatic rings. The van der Waals surface area contributed by atoms with Crippen LogP contribution in [-0.2, 0) is 4.74 Å². The minimum absolute atomic E-state index is 0.0455. The lowest BCUT2D eigenvalue weighted by Gasteiger charge is -2.28. The molecule has 5 rings (SSSR count). The molecule has 4 aromatic rings. The largest absolute Gasteiger partial charge is 0.451 e. The number of nitrogens with zero attached hydrogens (tertiary/aromatic N) is 3. The molecule has 0 saturated carbocycles. The summed E-state index contributed by atoms with van der Waals surface area (Å²) in [7, 11) is 0. The van der Waals surface area contributed by atoms with Crippen LogP contribution in [0.25, 0.3) is 21.5 Å². The van der Waals surface area contributed by atoms with E-state index in [1.54, 1.807) is 18.2 Å². The van der Waals surface area contributed by atoms with Crippen molar-refractivity contribution in [1.82, 2.24) is 4.98 Å². The number of nitrogens with one attached hydrogen (secondary N) is 1. The minimum atomic E-state index is -0.475. The van der Waals surface area contributed by atoms with Crippen LogP contribution in [0, 0.1) is 10.1 Å². The molecule has 1 N–H and O–H groups in total. The minimum Gasteiger partial charge on any atom is -0.451 e. The van der Waals surface area contributed by atoms with Gasteiger partial charge in [-0.1, -0.05) is 23.5 Å². The number of hydrogen-bond acceptors (Lipinski definition) is 8. The Morgan fingerprint density at radius 2 is 1.97 bits per heavy atom. The monoisotopic (exact) mass is 450 g/mol. The fourth-order valence-electron chi connectivity index (χ4n) is 3.53. The maximum atomic E-state index is 12.7. The molecule has 162 valence electrons. The highest BCUT2D eigenvalue weighted by Crippen LogP contribution is 2.31. The first-order valence-electron chi connectivity index (χ1n) is 9.96. The molecular formula is C22H18N4O5S. The Bertz CT molecular complexity index is 1310. The number of fused-ring (bicyclic) bond motifs is 1. The Balaban J connectivity index is 1.32. The summed E-state index contributed by atoms with van der Waals surface area (Å²) in [4.78, 5) is 29.9. The smallest absolute Gasteiger partial charge is 0.293 e. The molecule has 0 spiro atoms. The van der Waals surface area contributed by atoms with Crippen LogP contribution < -0.4 is 10.2 Å². The summed E-state index contributed by atoms with van der Waals surface area (Å²) >= 11 is 1.39. The number of hydrogen-bond donors (Lipinski definition) is 1. The summed E-state index contributed by atoms with van der Waals surface area (Å²) in [5.41, 5.74) is 2.39. The van der Waals surface area contributed by atoms with Crippen molar-refractivity contribution in [2.75, 3.05) is 36.5 Å². The first-order chi connectivity index (χ1) is 15.6. The van der Waals surface area contributed by atoms with Gasteiger partial charge in [-0.05, 0) is 30.3 Å². The van der Waals surface area contributed by atoms with E-state index in [1.807, 2.05) is 12.1 Å². The van der Waals surface area contributed by atoms with Gasteiger partial charge in [-0.15, -0.1) is 0 Å². The van der Waals surface area contributed by atoms with Crippen molar-refractivity contribution in [1.29, 1.82) is 0 Å². The second kappa shape index (κ2) is 8.40. The zero-order chi connectivity index (χ0) is 22.1. The van der Waals surface area contributed by atoms with Crippen molar-refractivity contribution in [2.45, 2.75) is 0 Å². The molecule has 1 amide bonds. The van der Waals surface area contributed by atoms with E-state index in [2.05, 4.69) is 21.3 Å². The first kappa shape index (κ1) is 20.2. The first-order valence-corrected chi connectivity index (χ1v) is 10.8. The van der Waals surface area contributed by atoms with Gasteiger partial charge >= 0.3 is 0 Å². The molecule has 2 aromatic carbocycles. The fraction of sp³-hybridized carbons (Fsp3) is 0.182. The highest BCUT2D eigenvalue weighted by molar-refractivity contribution is 7.22. The number of amides is 1. The van der Waals surface area contributed by atoms with E-state index < -0.39 is 10.8 Å². The molecule has 0 bridgehead atoms. The predicted octanol–water partition coefficient (Wildman–Crippen LogP) is 4.55. The van der Waals surface area contributed by atoms with Crippen molar-refractivity contribution < 1.29 is 18.9 Å². The van der Waals surface area contributed by atoms with Crippen LogP contribution in [0.5, 0.6) is 0 Å². The molecule has 9 nitrogen and oxygen atoms in total. The summed E-state index contributed by atoms with van der Waals surface area (Å²) in [6.07, 6.45) is 0. The van der Waals surface area contributed by atoms with Crippen molar-refractivity contribution in [3.63, 3.8) is 0 Å². The van der Waals surface area contributed by atoms with Crippen LogP contribution in [0.1, 0.15) is 10.6 Å². The van der Waals surface area contributed by atoms with Crippen LogP contribution in [-0.4, -0.2) is 42.1 Å². The number of furan rings is 1. The number of aromatic nitrogens is 1. The average molecular weight is 450 g/mol. The lowest BCUT2D eigenvalue weighted by Crippen LogP contribution is -2.36. The van der Waals surface area contributed by atoms with E-state index >= 15 is 0 Å². The maximum Gasteiger partial charge on any atom is 0.293 e. The van der Waals surface area contributed by atoms with Crippen LogP contribution in [0.3, 0.4) is 0 Å². The summed E-state index contributed by atoms with van der Waals surface area (Å²) < 4.78 is 12.0. The van der Waals surface area contributed by atoms with Gasteiger partial charge in [0.05, 0.1) is 28.4 Å². The van der Waals surface area contributed by atoms with Gasteiger partial charge in [0, 0.05) is 36.5 Å². The number of nitro benzene ring substituents is 1. The van der Waals surface area contributed by atoms with Gasteiger partial charge in [0.15, 0.2) is 10.9 Å². The molecule has 2 aromatic heterocycles. The lowest BCUT2D eigenvalue weighted by molar-refractivity contribution is -0.384. The topological polar surface area (TPSA) is 111 Å². The molecule has 1 aliphatic heterocycles. The zero-order valence-electron chi connectivity index (χ0n) is 16.8. The van der Waals surface area contributed by atoms with Crippen molar-refractivity contribution in [3.05, 3.63) is 70.5 Å². The van der Waals surface area contributed by atoms with Crippen molar-refractivity contribution >= 4 is 44.0 Å².